The quantitative estimate of drug-likeness (QED) is 0.594. The van der Waals surface area contributed by atoms with E-state index in [1.54, 1.807) is 25.2 Å². The van der Waals surface area contributed by atoms with Crippen LogP contribution in [0.1, 0.15) is 40.0 Å². The second kappa shape index (κ2) is 10.4. The van der Waals surface area contributed by atoms with Gasteiger partial charge in [-0.15, -0.1) is 0 Å². The second-order valence-corrected chi connectivity index (χ2v) is 6.12. The third-order valence-corrected chi connectivity index (χ3v) is 2.95. The standard InChI is InChI=1S/C14H23NO3.C2H6O/c1-14(2,3)18-13(17)15-9-7-12(8-10-15)6-4-5-11-16;1-3-2/h4-5,11-12H,6-10H2,1-3H3;1-2H3/b5-4-;. The smallest absolute Gasteiger partial charge is 0.410 e. The van der Waals surface area contributed by atoms with Crippen LogP contribution in [0.2, 0.25) is 0 Å². The van der Waals surface area contributed by atoms with Gasteiger partial charge in [-0.1, -0.05) is 6.08 Å². The molecular formula is C16H29NO4. The minimum Gasteiger partial charge on any atom is -0.444 e. The van der Waals surface area contributed by atoms with Crippen molar-refractivity contribution in [1.82, 2.24) is 4.90 Å². The number of amides is 1. The largest absolute Gasteiger partial charge is 0.444 e. The molecule has 0 aromatic heterocycles. The van der Waals surface area contributed by atoms with Gasteiger partial charge in [-0.05, 0) is 52.0 Å². The molecule has 1 fully saturated rings. The Labute approximate surface area is 128 Å². The Morgan fingerprint density at radius 2 is 1.76 bits per heavy atom. The molecule has 1 amide bonds. The van der Waals surface area contributed by atoms with Gasteiger partial charge in [0.25, 0.3) is 0 Å². The topological polar surface area (TPSA) is 55.8 Å². The lowest BCUT2D eigenvalue weighted by Crippen LogP contribution is -2.41. The highest BCUT2D eigenvalue weighted by molar-refractivity contribution is 5.68. The van der Waals surface area contributed by atoms with Crippen LogP contribution < -0.4 is 0 Å². The third-order valence-electron chi connectivity index (χ3n) is 2.95. The average molecular weight is 299 g/mol. The lowest BCUT2D eigenvalue weighted by Gasteiger charge is -2.33. The van der Waals surface area contributed by atoms with Crippen LogP contribution in [-0.4, -0.2) is 50.2 Å². The number of hydrogen-bond acceptors (Lipinski definition) is 4. The molecule has 1 saturated heterocycles. The van der Waals surface area contributed by atoms with E-state index in [1.807, 2.05) is 26.8 Å². The minimum absolute atomic E-state index is 0.218. The number of aldehydes is 1. The predicted molar refractivity (Wildman–Crippen MR) is 83.3 cm³/mol. The van der Waals surface area contributed by atoms with Crippen molar-refractivity contribution < 1.29 is 19.1 Å². The first-order valence-corrected chi connectivity index (χ1v) is 7.32. The number of carbonyl (C=O) groups excluding carboxylic acids is 2. The number of allylic oxidation sites excluding steroid dienone is 2. The van der Waals surface area contributed by atoms with E-state index in [-0.39, 0.29) is 6.09 Å². The van der Waals surface area contributed by atoms with E-state index in [1.165, 1.54) is 0 Å². The Kier molecular flexibility index (Phi) is 9.71. The van der Waals surface area contributed by atoms with Crippen molar-refractivity contribution in [2.24, 2.45) is 5.92 Å². The second-order valence-electron chi connectivity index (χ2n) is 6.12. The monoisotopic (exact) mass is 299 g/mol. The summed E-state index contributed by atoms with van der Waals surface area (Å²) in [7, 11) is 3.25. The van der Waals surface area contributed by atoms with Crippen molar-refractivity contribution in [3.8, 4) is 0 Å². The van der Waals surface area contributed by atoms with Gasteiger partial charge in [-0.2, -0.15) is 0 Å². The lowest BCUT2D eigenvalue weighted by molar-refractivity contribution is -0.104. The van der Waals surface area contributed by atoms with Gasteiger partial charge >= 0.3 is 6.09 Å². The minimum atomic E-state index is -0.430. The van der Waals surface area contributed by atoms with Crippen molar-refractivity contribution in [2.75, 3.05) is 27.3 Å². The summed E-state index contributed by atoms with van der Waals surface area (Å²) >= 11 is 0. The Balaban J connectivity index is 0.00000122. The van der Waals surface area contributed by atoms with Gasteiger partial charge in [-0.3, -0.25) is 4.79 Å². The molecule has 0 bridgehead atoms. The van der Waals surface area contributed by atoms with Crippen LogP contribution in [0.3, 0.4) is 0 Å². The fraction of sp³-hybridized carbons (Fsp3) is 0.750. The Bertz CT molecular complexity index is 326. The molecule has 0 unspecified atom stereocenters. The molecule has 0 spiro atoms. The van der Waals surface area contributed by atoms with Crippen LogP contribution in [0.5, 0.6) is 0 Å². The predicted octanol–water partition coefficient (Wildman–Crippen LogP) is 3.04. The fourth-order valence-corrected chi connectivity index (χ4v) is 2.00. The van der Waals surface area contributed by atoms with Gasteiger partial charge in [0, 0.05) is 27.3 Å². The summed E-state index contributed by atoms with van der Waals surface area (Å²) in [5.41, 5.74) is -0.430. The number of ether oxygens (including phenoxy) is 2. The number of likely N-dealkylation sites (tertiary alicyclic amines) is 1. The molecule has 5 heteroatoms. The van der Waals surface area contributed by atoms with Crippen molar-refractivity contribution in [1.29, 1.82) is 0 Å². The summed E-state index contributed by atoms with van der Waals surface area (Å²) in [6.45, 7) is 7.12. The fourth-order valence-electron chi connectivity index (χ4n) is 2.00. The lowest BCUT2D eigenvalue weighted by atomic mass is 9.93. The highest BCUT2D eigenvalue weighted by atomic mass is 16.6. The van der Waals surface area contributed by atoms with Crippen LogP contribution in [0.4, 0.5) is 4.79 Å². The van der Waals surface area contributed by atoms with Gasteiger partial charge in [0.1, 0.15) is 11.9 Å². The van der Waals surface area contributed by atoms with Gasteiger partial charge < -0.3 is 14.4 Å². The first-order chi connectivity index (χ1) is 9.84. The van der Waals surface area contributed by atoms with Crippen LogP contribution in [0.25, 0.3) is 0 Å². The van der Waals surface area contributed by atoms with Crippen LogP contribution >= 0.6 is 0 Å². The summed E-state index contributed by atoms with van der Waals surface area (Å²) in [6.07, 6.45) is 6.90. The maximum atomic E-state index is 11.8. The van der Waals surface area contributed by atoms with Crippen LogP contribution in [0.15, 0.2) is 12.2 Å². The first-order valence-electron chi connectivity index (χ1n) is 7.32. The van der Waals surface area contributed by atoms with E-state index in [2.05, 4.69) is 4.74 Å². The highest BCUT2D eigenvalue weighted by Crippen LogP contribution is 2.22. The molecule has 0 saturated carbocycles. The van der Waals surface area contributed by atoms with Gasteiger partial charge in [0.2, 0.25) is 0 Å². The van der Waals surface area contributed by atoms with Crippen molar-refractivity contribution in [3.05, 3.63) is 12.2 Å². The zero-order valence-electron chi connectivity index (χ0n) is 13.9. The third kappa shape index (κ3) is 10.1. The molecule has 122 valence electrons. The van der Waals surface area contributed by atoms with Crippen molar-refractivity contribution >= 4 is 12.4 Å². The number of piperidine rings is 1. The zero-order chi connectivity index (χ0) is 16.3. The van der Waals surface area contributed by atoms with E-state index in [9.17, 15) is 9.59 Å². The Morgan fingerprint density at radius 1 is 1.24 bits per heavy atom. The van der Waals surface area contributed by atoms with Gasteiger partial charge in [0.15, 0.2) is 0 Å². The number of nitrogens with zero attached hydrogens (tertiary/aromatic N) is 1. The van der Waals surface area contributed by atoms with Gasteiger partial charge in [0.05, 0.1) is 0 Å². The first kappa shape index (κ1) is 19.6. The Morgan fingerprint density at radius 3 is 2.19 bits per heavy atom. The number of methoxy groups -OCH3 is 1. The van der Waals surface area contributed by atoms with E-state index in [0.717, 1.165) is 38.6 Å². The molecule has 1 aliphatic rings. The molecule has 0 aliphatic carbocycles. The van der Waals surface area contributed by atoms with E-state index in [4.69, 9.17) is 4.74 Å². The van der Waals surface area contributed by atoms with Crippen molar-refractivity contribution in [3.63, 3.8) is 0 Å². The van der Waals surface area contributed by atoms with E-state index >= 15 is 0 Å². The normalized spacial score (nSPS) is 16.3. The molecule has 1 aliphatic heterocycles. The van der Waals surface area contributed by atoms with E-state index in [0.29, 0.717) is 5.92 Å². The summed E-state index contributed by atoms with van der Waals surface area (Å²) in [5.74, 6) is 0.569. The van der Waals surface area contributed by atoms with Crippen LogP contribution in [-0.2, 0) is 14.3 Å². The number of hydrogen-bond donors (Lipinski definition) is 0. The molecule has 0 aromatic rings. The molecule has 1 heterocycles. The maximum Gasteiger partial charge on any atom is 0.410 e. The molecule has 0 N–H and O–H groups in total. The molecule has 1 rings (SSSR count). The molecule has 5 nitrogen and oxygen atoms in total. The molecular weight excluding hydrogens is 270 g/mol. The van der Waals surface area contributed by atoms with Crippen LogP contribution in [0, 0.1) is 5.92 Å². The summed E-state index contributed by atoms with van der Waals surface area (Å²) in [5, 5.41) is 0. The number of rotatable bonds is 3. The zero-order valence-corrected chi connectivity index (χ0v) is 13.9. The molecule has 0 aromatic carbocycles. The highest BCUT2D eigenvalue weighted by Gasteiger charge is 2.26. The van der Waals surface area contributed by atoms with Crippen molar-refractivity contribution in [2.45, 2.75) is 45.6 Å². The van der Waals surface area contributed by atoms with E-state index < -0.39 is 5.60 Å². The molecule has 21 heavy (non-hydrogen) atoms. The molecule has 0 atom stereocenters. The SMILES string of the molecule is CC(C)(C)OC(=O)N1CCC(C/C=C\C=O)CC1.COC. The molecule has 0 radical (unpaired) electrons. The average Bonchev–Trinajstić information content (AvgIpc) is 2.39. The maximum absolute atomic E-state index is 11.8. The number of carbonyl (C=O) groups is 2. The van der Waals surface area contributed by atoms with Gasteiger partial charge in [-0.25, -0.2) is 4.79 Å². The summed E-state index contributed by atoms with van der Waals surface area (Å²) in [4.78, 5) is 23.8. The summed E-state index contributed by atoms with van der Waals surface area (Å²) in [6, 6.07) is 0. The Hall–Kier alpha value is -1.36. The summed E-state index contributed by atoms with van der Waals surface area (Å²) < 4.78 is 9.59.